The Labute approximate surface area is 270 Å². The quantitative estimate of drug-likeness (QED) is 0.249. The summed E-state index contributed by atoms with van der Waals surface area (Å²) in [6.45, 7) is 8.74. The molecule has 2 aliphatic carbocycles. The standard InChI is InChI=1S/C33H39F4N5O5/c1-5-41(30(43)47-31(2,3)4)26-18-25-23(19-39-26)28(20-10-13-32(14-11-20)44-16-17-45-32)40-42(25)21-6-8-22(9-7-21)46-29-27(34)24(12-15-38-29)33(35,36)37/h10,12,15,18-19,21-22H,5-9,11,13-14,16-17H2,1-4H3/t21-,22+. The van der Waals surface area contributed by atoms with Crippen LogP contribution in [0.2, 0.25) is 0 Å². The van der Waals surface area contributed by atoms with Crippen LogP contribution in [-0.2, 0) is 20.4 Å². The van der Waals surface area contributed by atoms with E-state index < -0.39 is 47.0 Å². The lowest BCUT2D eigenvalue weighted by Crippen LogP contribution is -2.37. The zero-order valence-corrected chi connectivity index (χ0v) is 26.9. The fourth-order valence-corrected chi connectivity index (χ4v) is 6.46. The molecular formula is C33H39F4N5O5. The lowest BCUT2D eigenvalue weighted by molar-refractivity contribution is -0.159. The molecule has 10 nitrogen and oxygen atoms in total. The van der Waals surface area contributed by atoms with Crippen molar-refractivity contribution in [3.63, 3.8) is 0 Å². The van der Waals surface area contributed by atoms with Gasteiger partial charge in [0.25, 0.3) is 5.88 Å². The zero-order valence-electron chi connectivity index (χ0n) is 26.9. The van der Waals surface area contributed by atoms with Crippen molar-refractivity contribution < 1.29 is 41.3 Å². The van der Waals surface area contributed by atoms with Gasteiger partial charge in [-0.05, 0) is 71.4 Å². The number of rotatable bonds is 6. The molecule has 254 valence electrons. The highest BCUT2D eigenvalue weighted by atomic mass is 19.4. The van der Waals surface area contributed by atoms with Crippen LogP contribution in [0.4, 0.5) is 28.2 Å². The molecule has 0 N–H and O–H groups in total. The first-order chi connectivity index (χ1) is 22.3. The van der Waals surface area contributed by atoms with Crippen molar-refractivity contribution in [1.29, 1.82) is 0 Å². The highest BCUT2D eigenvalue weighted by molar-refractivity contribution is 5.94. The predicted octanol–water partition coefficient (Wildman–Crippen LogP) is 7.62. The molecule has 0 aromatic carbocycles. The van der Waals surface area contributed by atoms with E-state index in [2.05, 4.69) is 16.0 Å². The number of amides is 1. The summed E-state index contributed by atoms with van der Waals surface area (Å²) in [6, 6.07) is 2.35. The Balaban J connectivity index is 1.28. The van der Waals surface area contributed by atoms with Crippen molar-refractivity contribution in [3.8, 4) is 5.88 Å². The first-order valence-corrected chi connectivity index (χ1v) is 16.0. The number of hydrogen-bond donors (Lipinski definition) is 0. The van der Waals surface area contributed by atoms with Gasteiger partial charge in [-0.3, -0.25) is 9.58 Å². The van der Waals surface area contributed by atoms with Crippen LogP contribution in [-0.4, -0.2) is 63.1 Å². The Morgan fingerprint density at radius 3 is 2.47 bits per heavy atom. The van der Waals surface area contributed by atoms with Crippen LogP contribution < -0.4 is 9.64 Å². The Morgan fingerprint density at radius 1 is 1.13 bits per heavy atom. The van der Waals surface area contributed by atoms with Crippen molar-refractivity contribution in [2.75, 3.05) is 24.7 Å². The summed E-state index contributed by atoms with van der Waals surface area (Å²) < 4.78 is 79.3. The largest absolute Gasteiger partial charge is 0.472 e. The average Bonchev–Trinajstić information content (AvgIpc) is 3.63. The van der Waals surface area contributed by atoms with Gasteiger partial charge in [-0.1, -0.05) is 6.08 Å². The minimum Gasteiger partial charge on any atom is -0.472 e. The van der Waals surface area contributed by atoms with Gasteiger partial charge in [0.05, 0.1) is 36.0 Å². The Kier molecular flexibility index (Phi) is 8.94. The second kappa shape index (κ2) is 12.7. The molecule has 3 aromatic heterocycles. The molecule has 1 saturated carbocycles. The van der Waals surface area contributed by atoms with Crippen molar-refractivity contribution >= 4 is 28.4 Å². The second-order valence-corrected chi connectivity index (χ2v) is 13.1. The van der Waals surface area contributed by atoms with Gasteiger partial charge in [0, 0.05) is 43.2 Å². The van der Waals surface area contributed by atoms with E-state index >= 15 is 0 Å². The van der Waals surface area contributed by atoms with Crippen molar-refractivity contribution in [2.24, 2.45) is 0 Å². The SMILES string of the molecule is CCN(C(=O)OC(C)(C)C)c1cc2c(cn1)c(C1=CCC3(CC1)OCCO3)nn2[C@H]1CC[C@@H](Oc2nccc(C(F)(F)F)c2F)CC1. The highest BCUT2D eigenvalue weighted by Crippen LogP contribution is 2.42. The van der Waals surface area contributed by atoms with E-state index in [1.165, 1.54) is 4.90 Å². The summed E-state index contributed by atoms with van der Waals surface area (Å²) in [5.41, 5.74) is 0.541. The molecule has 1 aliphatic heterocycles. The summed E-state index contributed by atoms with van der Waals surface area (Å²) in [5, 5.41) is 5.93. The van der Waals surface area contributed by atoms with Crippen LogP contribution in [0.1, 0.15) is 89.9 Å². The molecule has 0 atom stereocenters. The average molecular weight is 662 g/mol. The van der Waals surface area contributed by atoms with E-state index in [0.717, 1.165) is 28.4 Å². The smallest absolute Gasteiger partial charge is 0.419 e. The number of fused-ring (bicyclic) bond motifs is 1. The third-order valence-electron chi connectivity index (χ3n) is 8.77. The van der Waals surface area contributed by atoms with E-state index in [1.807, 2.05) is 17.7 Å². The van der Waals surface area contributed by atoms with Crippen LogP contribution >= 0.6 is 0 Å². The molecule has 47 heavy (non-hydrogen) atoms. The molecule has 4 heterocycles. The molecule has 1 saturated heterocycles. The number of alkyl halides is 3. The van der Waals surface area contributed by atoms with Gasteiger partial charge < -0.3 is 18.9 Å². The topological polar surface area (TPSA) is 101 Å². The first kappa shape index (κ1) is 33.1. The van der Waals surface area contributed by atoms with Gasteiger partial charge in [-0.15, -0.1) is 0 Å². The van der Waals surface area contributed by atoms with Gasteiger partial charge in [0.1, 0.15) is 17.5 Å². The highest BCUT2D eigenvalue weighted by Gasteiger charge is 2.39. The zero-order chi connectivity index (χ0) is 33.6. The number of nitrogens with zero attached hydrogens (tertiary/aromatic N) is 5. The van der Waals surface area contributed by atoms with E-state index in [-0.39, 0.29) is 6.04 Å². The summed E-state index contributed by atoms with van der Waals surface area (Å²) in [5.74, 6) is -2.32. The maximum atomic E-state index is 14.6. The van der Waals surface area contributed by atoms with Crippen LogP contribution in [0, 0.1) is 5.82 Å². The molecule has 3 aliphatic rings. The fraction of sp³-hybridized carbons (Fsp3) is 0.576. The minimum absolute atomic E-state index is 0.0886. The van der Waals surface area contributed by atoms with E-state index in [9.17, 15) is 22.4 Å². The summed E-state index contributed by atoms with van der Waals surface area (Å²) in [6.07, 6.45) is 2.93. The molecule has 1 amide bonds. The monoisotopic (exact) mass is 661 g/mol. The summed E-state index contributed by atoms with van der Waals surface area (Å²) >= 11 is 0. The number of anilines is 1. The third kappa shape index (κ3) is 6.94. The van der Waals surface area contributed by atoms with E-state index in [4.69, 9.17) is 24.0 Å². The van der Waals surface area contributed by atoms with Crippen molar-refractivity contribution in [3.05, 3.63) is 47.7 Å². The summed E-state index contributed by atoms with van der Waals surface area (Å²) in [7, 11) is 0. The minimum atomic E-state index is -4.85. The Morgan fingerprint density at radius 2 is 1.85 bits per heavy atom. The first-order valence-electron chi connectivity index (χ1n) is 16.0. The number of ether oxygens (including phenoxy) is 4. The lowest BCUT2D eigenvalue weighted by atomic mass is 9.91. The number of halogens is 4. The molecule has 14 heteroatoms. The number of aromatic nitrogens is 4. The molecule has 0 bridgehead atoms. The van der Waals surface area contributed by atoms with Gasteiger partial charge in [0.2, 0.25) is 0 Å². The molecule has 1 spiro atoms. The number of allylic oxidation sites excluding steroid dienone is 1. The van der Waals surface area contributed by atoms with E-state index in [0.29, 0.717) is 76.6 Å². The van der Waals surface area contributed by atoms with Crippen LogP contribution in [0.25, 0.3) is 16.5 Å². The number of carbonyl (C=O) groups excluding carboxylic acids is 1. The number of carbonyl (C=O) groups is 1. The second-order valence-electron chi connectivity index (χ2n) is 13.1. The van der Waals surface area contributed by atoms with Gasteiger partial charge in [-0.2, -0.15) is 18.3 Å². The van der Waals surface area contributed by atoms with Gasteiger partial charge >= 0.3 is 12.3 Å². The maximum Gasteiger partial charge on any atom is 0.419 e. The lowest BCUT2D eigenvalue weighted by Gasteiger charge is -2.30. The van der Waals surface area contributed by atoms with Crippen molar-refractivity contribution in [1.82, 2.24) is 19.7 Å². The maximum absolute atomic E-state index is 14.6. The Bertz CT molecular complexity index is 1650. The number of pyridine rings is 2. The fourth-order valence-electron chi connectivity index (χ4n) is 6.46. The van der Waals surface area contributed by atoms with Gasteiger partial charge in [-0.25, -0.2) is 19.2 Å². The van der Waals surface area contributed by atoms with Crippen molar-refractivity contribution in [2.45, 2.75) is 102 Å². The molecular weight excluding hydrogens is 622 g/mol. The van der Waals surface area contributed by atoms with Crippen LogP contribution in [0.3, 0.4) is 0 Å². The molecule has 2 fully saturated rings. The predicted molar refractivity (Wildman–Crippen MR) is 164 cm³/mol. The van der Waals surface area contributed by atoms with E-state index in [1.54, 1.807) is 27.0 Å². The Hall–Kier alpha value is -3.78. The molecule has 0 radical (unpaired) electrons. The summed E-state index contributed by atoms with van der Waals surface area (Å²) in [4.78, 5) is 22.9. The molecule has 6 rings (SSSR count). The van der Waals surface area contributed by atoms with Crippen LogP contribution in [0.5, 0.6) is 5.88 Å². The third-order valence-corrected chi connectivity index (χ3v) is 8.77. The molecule has 3 aromatic rings. The number of hydrogen-bond acceptors (Lipinski definition) is 8. The molecule has 0 unspecified atom stereocenters. The normalized spacial score (nSPS) is 21.6. The van der Waals surface area contributed by atoms with Crippen LogP contribution in [0.15, 0.2) is 30.6 Å². The van der Waals surface area contributed by atoms with Gasteiger partial charge in [0.15, 0.2) is 11.6 Å².